The van der Waals surface area contributed by atoms with E-state index in [1.54, 1.807) is 18.5 Å². The fraction of sp³-hybridized carbons (Fsp3) is 0.100. The molecule has 2 heterocycles. The van der Waals surface area contributed by atoms with Crippen LogP contribution in [0.5, 0.6) is 0 Å². The predicted octanol–water partition coefficient (Wildman–Crippen LogP) is 2.23. The van der Waals surface area contributed by atoms with E-state index in [1.165, 1.54) is 11.6 Å². The summed E-state index contributed by atoms with van der Waals surface area (Å²) in [6.07, 6.45) is 3.25. The van der Waals surface area contributed by atoms with Crippen LogP contribution in [0.1, 0.15) is 17.4 Å². The highest BCUT2D eigenvalue weighted by Crippen LogP contribution is 2.19. The van der Waals surface area contributed by atoms with Crippen LogP contribution in [0.15, 0.2) is 35.1 Å². The van der Waals surface area contributed by atoms with Crippen molar-refractivity contribution in [3.05, 3.63) is 40.8 Å². The van der Waals surface area contributed by atoms with Gasteiger partial charge in [-0.1, -0.05) is 6.07 Å². The summed E-state index contributed by atoms with van der Waals surface area (Å²) in [7, 11) is 0. The molecule has 0 atom stereocenters. The molecule has 0 spiro atoms. The summed E-state index contributed by atoms with van der Waals surface area (Å²) >= 11 is 3.28. The summed E-state index contributed by atoms with van der Waals surface area (Å²) in [5, 5.41) is 4.09. The van der Waals surface area contributed by atoms with Gasteiger partial charge in [0.2, 0.25) is 0 Å². The Kier molecular flexibility index (Phi) is 2.64. The molecule has 0 unspecified atom stereocenters. The number of carbonyl (C=O) groups excluding carboxylic acids is 1. The second kappa shape index (κ2) is 3.94. The molecule has 4 nitrogen and oxygen atoms in total. The van der Waals surface area contributed by atoms with Crippen molar-refractivity contribution in [1.82, 2.24) is 14.8 Å². The Labute approximate surface area is 95.1 Å². The van der Waals surface area contributed by atoms with Crippen molar-refractivity contribution in [1.29, 1.82) is 0 Å². The molecule has 0 saturated carbocycles. The van der Waals surface area contributed by atoms with E-state index in [9.17, 15) is 4.79 Å². The molecule has 0 N–H and O–H groups in total. The third kappa shape index (κ3) is 1.83. The van der Waals surface area contributed by atoms with Crippen LogP contribution < -0.4 is 0 Å². The Hall–Kier alpha value is -1.49. The summed E-state index contributed by atoms with van der Waals surface area (Å²) in [4.78, 5) is 15.5. The fourth-order valence-corrected chi connectivity index (χ4v) is 1.84. The second-order valence-corrected chi connectivity index (χ2v) is 3.85. The van der Waals surface area contributed by atoms with Gasteiger partial charge < -0.3 is 0 Å². The standard InChI is InChI=1S/C10H8BrN3O/c1-7(15)10-8(11)6-13-14(10)9-4-2-3-5-12-9/h2-6H,1H3. The van der Waals surface area contributed by atoms with Crippen molar-refractivity contribution in [3.63, 3.8) is 0 Å². The van der Waals surface area contributed by atoms with Gasteiger partial charge in [0, 0.05) is 13.1 Å². The van der Waals surface area contributed by atoms with Crippen LogP contribution in [0, 0.1) is 0 Å². The smallest absolute Gasteiger partial charge is 0.179 e. The van der Waals surface area contributed by atoms with Gasteiger partial charge in [0.15, 0.2) is 11.6 Å². The largest absolute Gasteiger partial charge is 0.293 e. The maximum atomic E-state index is 11.4. The second-order valence-electron chi connectivity index (χ2n) is 3.00. The Morgan fingerprint density at radius 1 is 1.47 bits per heavy atom. The van der Waals surface area contributed by atoms with Crippen LogP contribution in [-0.4, -0.2) is 20.5 Å². The monoisotopic (exact) mass is 265 g/mol. The number of ketones is 1. The van der Waals surface area contributed by atoms with Crippen LogP contribution in [0.3, 0.4) is 0 Å². The van der Waals surface area contributed by atoms with Gasteiger partial charge in [-0.2, -0.15) is 5.10 Å². The average molecular weight is 266 g/mol. The molecule has 0 aromatic carbocycles. The van der Waals surface area contributed by atoms with Gasteiger partial charge in [-0.25, -0.2) is 9.67 Å². The van der Waals surface area contributed by atoms with Crippen LogP contribution in [-0.2, 0) is 0 Å². The highest BCUT2D eigenvalue weighted by molar-refractivity contribution is 9.10. The molecule has 0 bridgehead atoms. The third-order valence-electron chi connectivity index (χ3n) is 1.92. The molecular weight excluding hydrogens is 258 g/mol. The maximum Gasteiger partial charge on any atom is 0.179 e. The molecule has 0 radical (unpaired) electrons. The van der Waals surface area contributed by atoms with E-state index < -0.39 is 0 Å². The first-order chi connectivity index (χ1) is 7.20. The van der Waals surface area contributed by atoms with Crippen molar-refractivity contribution in [2.24, 2.45) is 0 Å². The number of halogens is 1. The van der Waals surface area contributed by atoms with Crippen LogP contribution in [0.25, 0.3) is 5.82 Å². The molecule has 0 aliphatic carbocycles. The molecule has 0 aliphatic heterocycles. The summed E-state index contributed by atoms with van der Waals surface area (Å²) in [5.74, 6) is 0.582. The minimum atomic E-state index is -0.0509. The average Bonchev–Trinajstić information content (AvgIpc) is 2.61. The topological polar surface area (TPSA) is 47.8 Å². The number of carbonyl (C=O) groups is 1. The van der Waals surface area contributed by atoms with Gasteiger partial charge in [-0.15, -0.1) is 0 Å². The lowest BCUT2D eigenvalue weighted by Gasteiger charge is -2.03. The first-order valence-corrected chi connectivity index (χ1v) is 5.15. The summed E-state index contributed by atoms with van der Waals surface area (Å²) in [6.45, 7) is 1.50. The van der Waals surface area contributed by atoms with E-state index in [4.69, 9.17) is 0 Å². The number of aromatic nitrogens is 3. The van der Waals surface area contributed by atoms with Crippen molar-refractivity contribution in [2.75, 3.05) is 0 Å². The number of hydrogen-bond acceptors (Lipinski definition) is 3. The van der Waals surface area contributed by atoms with Crippen molar-refractivity contribution in [2.45, 2.75) is 6.92 Å². The lowest BCUT2D eigenvalue weighted by atomic mass is 10.3. The van der Waals surface area contributed by atoms with Gasteiger partial charge in [-0.3, -0.25) is 4.79 Å². The molecule has 2 aromatic rings. The zero-order chi connectivity index (χ0) is 10.8. The number of nitrogens with zero attached hydrogens (tertiary/aromatic N) is 3. The van der Waals surface area contributed by atoms with Gasteiger partial charge in [0.05, 0.1) is 10.7 Å². The zero-order valence-electron chi connectivity index (χ0n) is 8.01. The predicted molar refractivity (Wildman–Crippen MR) is 59.1 cm³/mol. The summed E-state index contributed by atoms with van der Waals surface area (Å²) < 4.78 is 2.20. The molecule has 2 rings (SSSR count). The lowest BCUT2D eigenvalue weighted by molar-refractivity contribution is 0.100. The number of hydrogen-bond donors (Lipinski definition) is 0. The first-order valence-electron chi connectivity index (χ1n) is 4.36. The van der Waals surface area contributed by atoms with E-state index in [-0.39, 0.29) is 5.78 Å². The highest BCUT2D eigenvalue weighted by Gasteiger charge is 2.14. The molecule has 0 fully saturated rings. The Morgan fingerprint density at radius 2 is 2.27 bits per heavy atom. The number of Topliss-reactive ketones (excluding diaryl/α,β-unsaturated/α-hetero) is 1. The van der Waals surface area contributed by atoms with Crippen molar-refractivity contribution >= 4 is 21.7 Å². The van der Waals surface area contributed by atoms with E-state index in [0.717, 1.165) is 0 Å². The lowest BCUT2D eigenvalue weighted by Crippen LogP contribution is -2.07. The van der Waals surface area contributed by atoms with Gasteiger partial charge in [-0.05, 0) is 28.1 Å². The van der Waals surface area contributed by atoms with E-state index in [1.807, 2.05) is 12.1 Å². The molecule has 0 amide bonds. The van der Waals surface area contributed by atoms with E-state index in [0.29, 0.717) is 16.0 Å². The zero-order valence-corrected chi connectivity index (χ0v) is 9.60. The van der Waals surface area contributed by atoms with Gasteiger partial charge in [0.1, 0.15) is 5.69 Å². The van der Waals surface area contributed by atoms with Crippen LogP contribution in [0.2, 0.25) is 0 Å². The Bertz CT molecular complexity index is 493. The van der Waals surface area contributed by atoms with Crippen LogP contribution >= 0.6 is 15.9 Å². The van der Waals surface area contributed by atoms with Crippen LogP contribution in [0.4, 0.5) is 0 Å². The SMILES string of the molecule is CC(=O)c1c(Br)cnn1-c1ccccn1. The fourth-order valence-electron chi connectivity index (χ4n) is 1.30. The Morgan fingerprint density at radius 3 is 2.87 bits per heavy atom. The molecule has 15 heavy (non-hydrogen) atoms. The van der Waals surface area contributed by atoms with Crippen molar-refractivity contribution < 1.29 is 4.79 Å². The quantitative estimate of drug-likeness (QED) is 0.783. The summed E-state index contributed by atoms with van der Waals surface area (Å²) in [6, 6.07) is 5.46. The molecule has 0 aliphatic rings. The molecular formula is C10H8BrN3O. The minimum Gasteiger partial charge on any atom is -0.293 e. The third-order valence-corrected chi connectivity index (χ3v) is 2.50. The first kappa shape index (κ1) is 10.0. The van der Waals surface area contributed by atoms with Gasteiger partial charge >= 0.3 is 0 Å². The van der Waals surface area contributed by atoms with Gasteiger partial charge in [0.25, 0.3) is 0 Å². The normalized spacial score (nSPS) is 10.3. The molecule has 76 valence electrons. The molecule has 5 heteroatoms. The molecule has 0 saturated heterocycles. The summed E-state index contributed by atoms with van der Waals surface area (Å²) in [5.41, 5.74) is 0.508. The van der Waals surface area contributed by atoms with Crippen molar-refractivity contribution in [3.8, 4) is 5.82 Å². The number of rotatable bonds is 2. The minimum absolute atomic E-state index is 0.0509. The maximum absolute atomic E-state index is 11.4. The molecule has 2 aromatic heterocycles. The van der Waals surface area contributed by atoms with E-state index >= 15 is 0 Å². The van der Waals surface area contributed by atoms with E-state index in [2.05, 4.69) is 26.0 Å². The Balaban J connectivity index is 2.59. The number of pyridine rings is 1. The highest BCUT2D eigenvalue weighted by atomic mass is 79.9.